The maximum Gasteiger partial charge on any atom is 0.326 e. The minimum atomic E-state index is -1.29. The molecule has 0 bridgehead atoms. The number of carboxylic acids is 1. The molecule has 3 rings (SSSR count). The summed E-state index contributed by atoms with van der Waals surface area (Å²) in [5.74, 6) is -4.33. The number of aromatic amines is 1. The molecule has 0 aliphatic rings. The van der Waals surface area contributed by atoms with E-state index in [0.29, 0.717) is 5.56 Å². The van der Waals surface area contributed by atoms with Crippen LogP contribution >= 0.6 is 0 Å². The highest BCUT2D eigenvalue weighted by atomic mass is 16.4. The van der Waals surface area contributed by atoms with Gasteiger partial charge in [0.15, 0.2) is 5.96 Å². The maximum atomic E-state index is 13.5. The number of nitrogens with one attached hydrogen (secondary N) is 4. The van der Waals surface area contributed by atoms with Crippen LogP contribution in [0.5, 0.6) is 0 Å². The molecule has 0 radical (unpaired) electrons. The number of fused-ring (bicyclic) bond motifs is 1. The number of carbonyl (C=O) groups excluding carboxylic acids is 4. The van der Waals surface area contributed by atoms with Crippen molar-refractivity contribution in [3.63, 3.8) is 0 Å². The summed E-state index contributed by atoms with van der Waals surface area (Å²) in [6, 6.07) is 11.4. The lowest BCUT2D eigenvalue weighted by atomic mass is 10.0. The predicted octanol–water partition coefficient (Wildman–Crippen LogP) is -0.861. The highest BCUT2D eigenvalue weighted by molar-refractivity contribution is 5.94. The SMILES string of the molecule is NC(=O)CCC(NC(=O)C(N)Cc1c[nH]c2ccccc12)C(=O)NC(CCCN=C(N)N)C(=O)NC(Cc1ccccc1)C(=O)O. The van der Waals surface area contributed by atoms with E-state index in [1.807, 2.05) is 24.3 Å². The van der Waals surface area contributed by atoms with E-state index >= 15 is 0 Å². The first-order chi connectivity index (χ1) is 21.9. The van der Waals surface area contributed by atoms with Crippen molar-refractivity contribution in [2.45, 2.75) is 62.7 Å². The lowest BCUT2D eigenvalue weighted by Gasteiger charge is -2.25. The molecule has 3 aromatic rings. The Morgan fingerprint density at radius 2 is 1.39 bits per heavy atom. The first kappa shape index (κ1) is 35.0. The van der Waals surface area contributed by atoms with Gasteiger partial charge in [0.25, 0.3) is 0 Å². The van der Waals surface area contributed by atoms with Gasteiger partial charge in [-0.05, 0) is 42.9 Å². The van der Waals surface area contributed by atoms with Gasteiger partial charge in [-0.15, -0.1) is 0 Å². The van der Waals surface area contributed by atoms with Gasteiger partial charge in [0.2, 0.25) is 23.6 Å². The van der Waals surface area contributed by atoms with Crippen LogP contribution in [0.3, 0.4) is 0 Å². The fourth-order valence-electron chi connectivity index (χ4n) is 4.83. The summed E-state index contributed by atoms with van der Waals surface area (Å²) in [5.41, 5.74) is 24.6. The summed E-state index contributed by atoms with van der Waals surface area (Å²) in [6.07, 6.45) is 1.79. The largest absolute Gasteiger partial charge is 0.480 e. The van der Waals surface area contributed by atoms with Gasteiger partial charge in [-0.1, -0.05) is 48.5 Å². The molecule has 0 saturated carbocycles. The number of carboxylic acid groups (broad SMARTS) is 1. The second-order valence-electron chi connectivity index (χ2n) is 10.8. The molecule has 0 spiro atoms. The number of aliphatic carboxylic acids is 1. The van der Waals surface area contributed by atoms with E-state index in [0.717, 1.165) is 16.5 Å². The van der Waals surface area contributed by atoms with E-state index in [1.165, 1.54) is 0 Å². The third kappa shape index (κ3) is 10.9. The lowest BCUT2D eigenvalue weighted by molar-refractivity contribution is -0.142. The Hall–Kier alpha value is -5.44. The summed E-state index contributed by atoms with van der Waals surface area (Å²) in [6.45, 7) is 0.138. The van der Waals surface area contributed by atoms with Gasteiger partial charge in [0, 0.05) is 36.5 Å². The molecule has 2 aromatic carbocycles. The topological polar surface area (TPSA) is 274 Å². The van der Waals surface area contributed by atoms with Gasteiger partial charge >= 0.3 is 5.97 Å². The molecule has 4 unspecified atom stereocenters. The number of hydrogen-bond donors (Lipinski definition) is 9. The van der Waals surface area contributed by atoms with Crippen molar-refractivity contribution in [1.29, 1.82) is 0 Å². The fraction of sp³-hybridized carbons (Fsp3) is 0.355. The molecule has 15 heteroatoms. The fourth-order valence-corrected chi connectivity index (χ4v) is 4.83. The molecule has 0 fully saturated rings. The number of para-hydroxylation sites is 1. The Morgan fingerprint density at radius 3 is 2.04 bits per heavy atom. The predicted molar refractivity (Wildman–Crippen MR) is 172 cm³/mol. The van der Waals surface area contributed by atoms with Crippen LogP contribution in [0.2, 0.25) is 0 Å². The van der Waals surface area contributed by atoms with Crippen molar-refractivity contribution >= 4 is 46.5 Å². The van der Waals surface area contributed by atoms with Gasteiger partial charge in [-0.25, -0.2) is 4.79 Å². The molecular weight excluding hydrogens is 594 g/mol. The summed E-state index contributed by atoms with van der Waals surface area (Å²) in [5, 5.41) is 18.3. The normalized spacial score (nSPS) is 13.5. The van der Waals surface area contributed by atoms with Crippen LogP contribution in [0, 0.1) is 0 Å². The second kappa shape index (κ2) is 17.2. The number of amides is 4. The molecule has 13 N–H and O–H groups in total. The molecule has 46 heavy (non-hydrogen) atoms. The number of carbonyl (C=O) groups is 5. The first-order valence-corrected chi connectivity index (χ1v) is 14.8. The number of aliphatic imine (C=N–C) groups is 1. The quantitative estimate of drug-likeness (QED) is 0.0477. The van der Waals surface area contributed by atoms with Crippen LogP contribution in [0.15, 0.2) is 65.8 Å². The van der Waals surface area contributed by atoms with Crippen LogP contribution in [-0.4, -0.2) is 76.4 Å². The van der Waals surface area contributed by atoms with Crippen LogP contribution < -0.4 is 38.9 Å². The van der Waals surface area contributed by atoms with E-state index < -0.39 is 53.8 Å². The molecular formula is C31H41N9O6. The molecule has 15 nitrogen and oxygen atoms in total. The Bertz CT molecular complexity index is 1540. The van der Waals surface area contributed by atoms with Crippen molar-refractivity contribution < 1.29 is 29.1 Å². The summed E-state index contributed by atoms with van der Waals surface area (Å²) in [4.78, 5) is 70.5. The molecule has 0 saturated heterocycles. The minimum absolute atomic E-state index is 0.00217. The molecule has 4 atom stereocenters. The van der Waals surface area contributed by atoms with E-state index in [2.05, 4.69) is 25.9 Å². The number of guanidine groups is 1. The number of benzene rings is 2. The zero-order valence-electron chi connectivity index (χ0n) is 25.3. The monoisotopic (exact) mass is 635 g/mol. The van der Waals surface area contributed by atoms with Gasteiger partial charge in [0.1, 0.15) is 18.1 Å². The Morgan fingerprint density at radius 1 is 0.783 bits per heavy atom. The van der Waals surface area contributed by atoms with Crippen molar-refractivity contribution in [1.82, 2.24) is 20.9 Å². The molecule has 1 aromatic heterocycles. The number of nitrogens with zero attached hydrogens (tertiary/aromatic N) is 1. The van der Waals surface area contributed by atoms with Crippen molar-refractivity contribution in [2.24, 2.45) is 27.9 Å². The smallest absolute Gasteiger partial charge is 0.326 e. The van der Waals surface area contributed by atoms with Gasteiger partial charge in [0.05, 0.1) is 6.04 Å². The van der Waals surface area contributed by atoms with E-state index in [1.54, 1.807) is 36.5 Å². The van der Waals surface area contributed by atoms with Crippen molar-refractivity contribution in [3.05, 3.63) is 71.9 Å². The second-order valence-corrected chi connectivity index (χ2v) is 10.8. The Labute approximate surface area is 265 Å². The zero-order chi connectivity index (χ0) is 33.6. The van der Waals surface area contributed by atoms with Crippen LogP contribution in [0.25, 0.3) is 10.9 Å². The zero-order valence-corrected chi connectivity index (χ0v) is 25.3. The number of primary amides is 1. The molecule has 1 heterocycles. The number of hydrogen-bond acceptors (Lipinski definition) is 7. The molecule has 246 valence electrons. The number of rotatable bonds is 18. The van der Waals surface area contributed by atoms with Crippen LogP contribution in [0.4, 0.5) is 0 Å². The van der Waals surface area contributed by atoms with E-state index in [9.17, 15) is 29.1 Å². The Balaban J connectivity index is 1.74. The average Bonchev–Trinajstić information content (AvgIpc) is 3.42. The Kier molecular flexibility index (Phi) is 13.1. The van der Waals surface area contributed by atoms with Crippen molar-refractivity contribution in [2.75, 3.05) is 6.54 Å². The van der Waals surface area contributed by atoms with Crippen molar-refractivity contribution in [3.8, 4) is 0 Å². The van der Waals surface area contributed by atoms with Gasteiger partial charge in [-0.3, -0.25) is 24.2 Å². The van der Waals surface area contributed by atoms with Crippen LogP contribution in [-0.2, 0) is 36.8 Å². The summed E-state index contributed by atoms with van der Waals surface area (Å²) in [7, 11) is 0. The van der Waals surface area contributed by atoms with E-state index in [4.69, 9.17) is 22.9 Å². The average molecular weight is 636 g/mol. The molecule has 0 aliphatic carbocycles. The summed E-state index contributed by atoms with van der Waals surface area (Å²) >= 11 is 0. The van der Waals surface area contributed by atoms with E-state index in [-0.39, 0.29) is 51.0 Å². The number of nitrogens with two attached hydrogens (primary N) is 4. The van der Waals surface area contributed by atoms with Gasteiger partial charge < -0.3 is 49.0 Å². The lowest BCUT2D eigenvalue weighted by Crippen LogP contribution is -2.57. The highest BCUT2D eigenvalue weighted by Gasteiger charge is 2.30. The molecule has 4 amide bonds. The number of H-pyrrole nitrogens is 1. The minimum Gasteiger partial charge on any atom is -0.480 e. The van der Waals surface area contributed by atoms with Crippen LogP contribution in [0.1, 0.15) is 36.8 Å². The standard InChI is InChI=1S/C31H41N9O6/c32-21(16-19-17-37-22-10-5-4-9-20(19)22)27(42)38-24(12-13-26(33)41)29(44)39-23(11-6-14-36-31(34)35)28(43)40-25(30(45)46)15-18-7-2-1-3-8-18/h1-5,7-10,17,21,23-25,37H,6,11-16,32H2,(H2,33,41)(H,38,42)(H,39,44)(H,40,43)(H,45,46)(H4,34,35,36). The number of aromatic nitrogens is 1. The first-order valence-electron chi connectivity index (χ1n) is 14.8. The highest BCUT2D eigenvalue weighted by Crippen LogP contribution is 2.19. The summed E-state index contributed by atoms with van der Waals surface area (Å²) < 4.78 is 0. The third-order valence-electron chi connectivity index (χ3n) is 7.24. The van der Waals surface area contributed by atoms with Gasteiger partial charge in [-0.2, -0.15) is 0 Å². The molecule has 0 aliphatic heterocycles. The third-order valence-corrected chi connectivity index (χ3v) is 7.24. The maximum absolute atomic E-state index is 13.5.